The molecule has 0 atom stereocenters. The number of carbonyl (C=O) groups is 3. The van der Waals surface area contributed by atoms with E-state index < -0.39 is 23.3 Å². The Morgan fingerprint density at radius 1 is 1.00 bits per heavy atom. The molecule has 2 aromatic heterocycles. The van der Waals surface area contributed by atoms with Crippen LogP contribution in [0.3, 0.4) is 0 Å². The zero-order chi connectivity index (χ0) is 19.0. The number of hydroxylamine groups is 2. The Morgan fingerprint density at radius 3 is 2.30 bits per heavy atom. The first-order valence-electron chi connectivity index (χ1n) is 7.95. The highest BCUT2D eigenvalue weighted by atomic mass is 16.7. The summed E-state index contributed by atoms with van der Waals surface area (Å²) in [6, 6.07) is 12.4. The lowest BCUT2D eigenvalue weighted by atomic mass is 10.1. The largest absolute Gasteiger partial charge is 0.339 e. The maximum absolute atomic E-state index is 12.2. The number of benzene rings is 1. The predicted molar refractivity (Wildman–Crippen MR) is 90.9 cm³/mol. The molecule has 0 fully saturated rings. The highest BCUT2D eigenvalue weighted by molar-refractivity contribution is 6.20. The second kappa shape index (κ2) is 6.37. The van der Waals surface area contributed by atoms with E-state index in [1.165, 1.54) is 29.1 Å². The van der Waals surface area contributed by atoms with E-state index in [0.29, 0.717) is 10.9 Å². The van der Waals surface area contributed by atoms with Crippen LogP contribution in [0.4, 0.5) is 0 Å². The molecule has 4 rings (SSSR count). The van der Waals surface area contributed by atoms with Gasteiger partial charge in [-0.3, -0.25) is 19.5 Å². The lowest BCUT2D eigenvalue weighted by molar-refractivity contribution is -0.167. The Bertz CT molecular complexity index is 1080. The van der Waals surface area contributed by atoms with Crippen molar-refractivity contribution < 1.29 is 19.2 Å². The van der Waals surface area contributed by atoms with Crippen LogP contribution in [-0.4, -0.2) is 37.6 Å². The van der Waals surface area contributed by atoms with Crippen LogP contribution in [0.25, 0.3) is 5.82 Å². The molecular weight excluding hydrogens is 352 g/mol. The highest BCUT2D eigenvalue weighted by Crippen LogP contribution is 2.22. The topological polar surface area (TPSA) is 114 Å². The second-order valence-corrected chi connectivity index (χ2v) is 5.73. The molecule has 9 nitrogen and oxygen atoms in total. The van der Waals surface area contributed by atoms with E-state index in [9.17, 15) is 19.2 Å². The number of hydrogen-bond acceptors (Lipinski definition) is 6. The molecule has 0 spiro atoms. The normalized spacial score (nSPS) is 13.0. The molecule has 0 saturated heterocycles. The third-order valence-electron chi connectivity index (χ3n) is 3.94. The molecular formula is C18H12N4O5. The third-order valence-corrected chi connectivity index (χ3v) is 3.94. The number of imide groups is 1. The SMILES string of the molecule is O=C(Cc1cc(=O)n(-c2ccccn2)[nH]1)ON1C(=O)c2ccccc2C1=O. The number of aromatic nitrogens is 3. The Kier molecular flexibility index (Phi) is 3.88. The molecule has 1 N–H and O–H groups in total. The van der Waals surface area contributed by atoms with Crippen molar-refractivity contribution in [1.29, 1.82) is 0 Å². The van der Waals surface area contributed by atoms with E-state index in [2.05, 4.69) is 10.1 Å². The molecule has 3 heterocycles. The molecule has 0 unspecified atom stereocenters. The van der Waals surface area contributed by atoms with Crippen LogP contribution in [0.15, 0.2) is 59.5 Å². The van der Waals surface area contributed by atoms with Crippen molar-refractivity contribution in [2.75, 3.05) is 0 Å². The molecule has 0 aliphatic carbocycles. The number of nitrogens with one attached hydrogen (secondary N) is 1. The quantitative estimate of drug-likeness (QED) is 0.687. The lowest BCUT2D eigenvalue weighted by Gasteiger charge is -2.12. The van der Waals surface area contributed by atoms with Gasteiger partial charge in [0.2, 0.25) is 0 Å². The maximum atomic E-state index is 12.2. The van der Waals surface area contributed by atoms with Gasteiger partial charge in [-0.1, -0.05) is 23.3 Å². The van der Waals surface area contributed by atoms with Crippen LogP contribution in [0.5, 0.6) is 0 Å². The summed E-state index contributed by atoms with van der Waals surface area (Å²) in [6.07, 6.45) is 1.20. The van der Waals surface area contributed by atoms with Gasteiger partial charge in [0.15, 0.2) is 5.82 Å². The van der Waals surface area contributed by atoms with E-state index in [0.717, 1.165) is 0 Å². The van der Waals surface area contributed by atoms with Crippen LogP contribution in [0.2, 0.25) is 0 Å². The molecule has 1 aliphatic rings. The third kappa shape index (κ3) is 2.91. The van der Waals surface area contributed by atoms with Gasteiger partial charge in [-0.15, -0.1) is 0 Å². The fraction of sp³-hybridized carbons (Fsp3) is 0.0556. The predicted octanol–water partition coefficient (Wildman–Crippen LogP) is 0.857. The van der Waals surface area contributed by atoms with Gasteiger partial charge in [-0.2, -0.15) is 0 Å². The number of rotatable bonds is 4. The number of nitrogens with zero attached hydrogens (tertiary/aromatic N) is 3. The number of amides is 2. The summed E-state index contributed by atoms with van der Waals surface area (Å²) in [5.41, 5.74) is 0.194. The first-order chi connectivity index (χ1) is 13.0. The van der Waals surface area contributed by atoms with E-state index in [-0.39, 0.29) is 23.2 Å². The Morgan fingerprint density at radius 2 is 1.67 bits per heavy atom. The van der Waals surface area contributed by atoms with Gasteiger partial charge in [0.05, 0.1) is 17.5 Å². The summed E-state index contributed by atoms with van der Waals surface area (Å²) >= 11 is 0. The summed E-state index contributed by atoms with van der Waals surface area (Å²) in [6.45, 7) is 0. The van der Waals surface area contributed by atoms with Gasteiger partial charge >= 0.3 is 5.97 Å². The number of hydrogen-bond donors (Lipinski definition) is 1. The smallest absolute Gasteiger partial charge is 0.329 e. The number of aromatic amines is 1. The van der Waals surface area contributed by atoms with Gasteiger partial charge in [-0.25, -0.2) is 14.5 Å². The minimum absolute atomic E-state index is 0.171. The zero-order valence-corrected chi connectivity index (χ0v) is 13.8. The van der Waals surface area contributed by atoms with Crippen LogP contribution in [0, 0.1) is 0 Å². The monoisotopic (exact) mass is 364 g/mol. The van der Waals surface area contributed by atoms with Crippen molar-refractivity contribution in [3.8, 4) is 5.82 Å². The molecule has 1 aliphatic heterocycles. The summed E-state index contributed by atoms with van der Waals surface area (Å²) in [4.78, 5) is 57.6. The molecule has 2 amide bonds. The Labute approximate surface area is 151 Å². The summed E-state index contributed by atoms with van der Waals surface area (Å²) in [5, 5.41) is 3.18. The number of carbonyl (C=O) groups excluding carboxylic acids is 3. The van der Waals surface area contributed by atoms with Gasteiger partial charge in [0.1, 0.15) is 0 Å². The first kappa shape index (κ1) is 16.5. The molecule has 27 heavy (non-hydrogen) atoms. The van der Waals surface area contributed by atoms with Crippen LogP contribution < -0.4 is 5.56 Å². The summed E-state index contributed by atoms with van der Waals surface area (Å²) < 4.78 is 1.17. The second-order valence-electron chi connectivity index (χ2n) is 5.73. The van der Waals surface area contributed by atoms with E-state index in [1.807, 2.05) is 0 Å². The van der Waals surface area contributed by atoms with Crippen molar-refractivity contribution in [3.05, 3.63) is 81.9 Å². The lowest BCUT2D eigenvalue weighted by Crippen LogP contribution is -2.33. The number of H-pyrrole nitrogens is 1. The van der Waals surface area contributed by atoms with Crippen LogP contribution in [-0.2, 0) is 16.1 Å². The number of pyridine rings is 1. The molecule has 134 valence electrons. The van der Waals surface area contributed by atoms with Crippen molar-refractivity contribution in [3.63, 3.8) is 0 Å². The van der Waals surface area contributed by atoms with Crippen molar-refractivity contribution in [1.82, 2.24) is 19.8 Å². The van der Waals surface area contributed by atoms with Crippen molar-refractivity contribution in [2.24, 2.45) is 0 Å². The molecule has 1 aromatic carbocycles. The van der Waals surface area contributed by atoms with Gasteiger partial charge in [-0.05, 0) is 24.3 Å². The molecule has 3 aromatic rings. The standard InChI is InChI=1S/C18H12N4O5/c23-15-9-11(20-21(15)14-7-3-4-8-19-14)10-16(24)27-22-17(25)12-5-1-2-6-13(12)18(22)26/h1-9,20H,10H2. The van der Waals surface area contributed by atoms with Crippen LogP contribution >= 0.6 is 0 Å². The summed E-state index contributed by atoms with van der Waals surface area (Å²) in [7, 11) is 0. The Balaban J connectivity index is 1.49. The number of fused-ring (bicyclic) bond motifs is 1. The highest BCUT2D eigenvalue weighted by Gasteiger charge is 2.38. The van der Waals surface area contributed by atoms with Gasteiger partial charge < -0.3 is 4.84 Å². The van der Waals surface area contributed by atoms with E-state index >= 15 is 0 Å². The maximum Gasteiger partial charge on any atom is 0.339 e. The molecule has 0 radical (unpaired) electrons. The fourth-order valence-electron chi connectivity index (χ4n) is 2.73. The minimum atomic E-state index is -0.862. The minimum Gasteiger partial charge on any atom is -0.329 e. The van der Waals surface area contributed by atoms with Gasteiger partial charge in [0.25, 0.3) is 17.4 Å². The molecule has 0 saturated carbocycles. The Hall–Kier alpha value is -4.01. The molecule has 0 bridgehead atoms. The zero-order valence-electron chi connectivity index (χ0n) is 13.8. The van der Waals surface area contributed by atoms with E-state index in [1.54, 1.807) is 30.3 Å². The van der Waals surface area contributed by atoms with Crippen molar-refractivity contribution >= 4 is 17.8 Å². The first-order valence-corrected chi connectivity index (χ1v) is 7.95. The molecule has 9 heteroatoms. The van der Waals surface area contributed by atoms with Gasteiger partial charge in [0, 0.05) is 18.0 Å². The fourth-order valence-corrected chi connectivity index (χ4v) is 2.73. The van der Waals surface area contributed by atoms with Crippen molar-refractivity contribution in [2.45, 2.75) is 6.42 Å². The summed E-state index contributed by atoms with van der Waals surface area (Å²) in [5.74, 6) is -1.91. The average Bonchev–Trinajstić information content (AvgIpc) is 3.15. The average molecular weight is 364 g/mol. The van der Waals surface area contributed by atoms with E-state index in [4.69, 9.17) is 4.84 Å². The van der Waals surface area contributed by atoms with Crippen LogP contribution in [0.1, 0.15) is 26.4 Å².